The summed E-state index contributed by atoms with van der Waals surface area (Å²) in [6.07, 6.45) is 0. The molecule has 0 aliphatic carbocycles. The summed E-state index contributed by atoms with van der Waals surface area (Å²) in [4.78, 5) is 4.70. The lowest BCUT2D eigenvalue weighted by Gasteiger charge is -2.26. The van der Waals surface area contributed by atoms with E-state index in [1.54, 1.807) is 0 Å². The van der Waals surface area contributed by atoms with Crippen LogP contribution in [0.1, 0.15) is 0 Å². The van der Waals surface area contributed by atoms with E-state index in [1.165, 1.54) is 0 Å². The van der Waals surface area contributed by atoms with Gasteiger partial charge in [0.2, 0.25) is 0 Å². The molecule has 0 aliphatic rings. The molecule has 0 aliphatic heterocycles. The molecule has 4 aromatic heterocycles. The molecule has 366 valence electrons. The zero-order valence-electron chi connectivity index (χ0n) is 42.2. The number of para-hydroxylation sites is 6. The van der Waals surface area contributed by atoms with E-state index < -0.39 is 0 Å². The van der Waals surface area contributed by atoms with Crippen LogP contribution < -0.4 is 9.80 Å². The molecule has 6 nitrogen and oxygen atoms in total. The highest BCUT2D eigenvalue weighted by atomic mass is 16.3. The molecule has 0 saturated heterocycles. The van der Waals surface area contributed by atoms with E-state index in [0.717, 1.165) is 144 Å². The topological polar surface area (TPSA) is 42.6 Å². The van der Waals surface area contributed by atoms with E-state index in [9.17, 15) is 0 Å². The van der Waals surface area contributed by atoms with Gasteiger partial charge in [0.05, 0.1) is 32.8 Å². The number of rotatable bonds is 9. The second-order valence-electron chi connectivity index (χ2n) is 20.0. The van der Waals surface area contributed by atoms with Crippen molar-refractivity contribution in [3.05, 3.63) is 279 Å². The fourth-order valence-corrected chi connectivity index (χ4v) is 12.2. The van der Waals surface area contributed by atoms with Crippen molar-refractivity contribution in [1.29, 1.82) is 0 Å². The van der Waals surface area contributed by atoms with Gasteiger partial charge in [0, 0.05) is 77.8 Å². The van der Waals surface area contributed by atoms with Gasteiger partial charge in [0.15, 0.2) is 0 Å². The maximum Gasteiger partial charge on any atom is 0.145 e. The van der Waals surface area contributed by atoms with Crippen LogP contribution in [-0.4, -0.2) is 9.13 Å². The average molecular weight is 999 g/mol. The van der Waals surface area contributed by atoms with Gasteiger partial charge in [0.1, 0.15) is 22.3 Å². The first-order chi connectivity index (χ1) is 38.7. The molecule has 16 aromatic rings. The Morgan fingerprint density at radius 1 is 0.244 bits per heavy atom. The number of hydrogen-bond acceptors (Lipinski definition) is 4. The number of furan rings is 2. The summed E-state index contributed by atoms with van der Waals surface area (Å²) in [5.41, 5.74) is 18.8. The molecule has 4 heterocycles. The zero-order chi connectivity index (χ0) is 51.3. The summed E-state index contributed by atoms with van der Waals surface area (Å²) in [5, 5.41) is 8.91. The van der Waals surface area contributed by atoms with Crippen LogP contribution in [-0.2, 0) is 0 Å². The summed E-state index contributed by atoms with van der Waals surface area (Å²) < 4.78 is 18.2. The van der Waals surface area contributed by atoms with Crippen molar-refractivity contribution >= 4 is 122 Å². The van der Waals surface area contributed by atoms with Gasteiger partial charge in [-0.2, -0.15) is 0 Å². The highest BCUT2D eigenvalue weighted by Crippen LogP contribution is 2.46. The van der Waals surface area contributed by atoms with Crippen molar-refractivity contribution < 1.29 is 8.83 Å². The molecule has 0 spiro atoms. The first-order valence-corrected chi connectivity index (χ1v) is 26.5. The number of nitrogens with zero attached hydrogens (tertiary/aromatic N) is 4. The smallest absolute Gasteiger partial charge is 0.145 e. The Morgan fingerprint density at radius 3 is 0.987 bits per heavy atom. The van der Waals surface area contributed by atoms with Crippen molar-refractivity contribution in [3.63, 3.8) is 0 Å². The number of aromatic nitrogens is 2. The number of benzene rings is 12. The van der Waals surface area contributed by atoms with Crippen LogP contribution in [0, 0.1) is 0 Å². The first-order valence-electron chi connectivity index (χ1n) is 26.5. The third-order valence-corrected chi connectivity index (χ3v) is 15.7. The van der Waals surface area contributed by atoms with Crippen LogP contribution in [0.15, 0.2) is 288 Å². The quantitative estimate of drug-likeness (QED) is 0.145. The molecular formula is C72H46N4O2. The van der Waals surface area contributed by atoms with Crippen molar-refractivity contribution in [2.75, 3.05) is 9.80 Å². The Balaban J connectivity index is 0.792. The SMILES string of the molecule is c1ccc(N(c2ccc(-c3ccc(N(c4ccccc4)c4ccc5c(c4)c4c6oc7ccccc7c6ccc4n5-c4ccccc4)cc3)cc2)c2ccc3c(c2)c2c4oc5ccccc5c4ccc2n3-c2ccccc2)cc1. The van der Waals surface area contributed by atoms with Crippen LogP contribution in [0.4, 0.5) is 34.1 Å². The van der Waals surface area contributed by atoms with E-state index in [2.05, 4.69) is 286 Å². The maximum atomic E-state index is 6.75. The molecule has 0 bridgehead atoms. The monoisotopic (exact) mass is 998 g/mol. The van der Waals surface area contributed by atoms with Gasteiger partial charge in [-0.1, -0.05) is 133 Å². The Labute approximate surface area is 448 Å². The number of fused-ring (bicyclic) bond motifs is 14. The molecule has 0 atom stereocenters. The van der Waals surface area contributed by atoms with Gasteiger partial charge < -0.3 is 27.8 Å². The molecule has 6 heteroatoms. The number of hydrogen-bond donors (Lipinski definition) is 0. The summed E-state index contributed by atoms with van der Waals surface area (Å²) in [6.45, 7) is 0. The average Bonchev–Trinajstić information content (AvgIpc) is 4.43. The molecule has 0 saturated carbocycles. The van der Waals surface area contributed by atoms with Gasteiger partial charge >= 0.3 is 0 Å². The van der Waals surface area contributed by atoms with E-state index in [1.807, 2.05) is 12.1 Å². The van der Waals surface area contributed by atoms with Crippen molar-refractivity contribution in [2.24, 2.45) is 0 Å². The Bertz CT molecular complexity index is 4620. The number of anilines is 6. The minimum atomic E-state index is 0.887. The van der Waals surface area contributed by atoms with Crippen LogP contribution >= 0.6 is 0 Å². The van der Waals surface area contributed by atoms with Gasteiger partial charge in [-0.3, -0.25) is 0 Å². The summed E-state index contributed by atoms with van der Waals surface area (Å²) >= 11 is 0. The Kier molecular flexibility index (Phi) is 9.84. The fraction of sp³-hybridized carbons (Fsp3) is 0. The second-order valence-corrected chi connectivity index (χ2v) is 20.0. The third-order valence-electron chi connectivity index (χ3n) is 15.7. The van der Waals surface area contributed by atoms with Gasteiger partial charge in [-0.25, -0.2) is 0 Å². The molecule has 12 aromatic carbocycles. The summed E-state index contributed by atoms with van der Waals surface area (Å²) in [5.74, 6) is 0. The van der Waals surface area contributed by atoms with Crippen LogP contribution in [0.5, 0.6) is 0 Å². The normalized spacial score (nSPS) is 11.8. The summed E-state index contributed by atoms with van der Waals surface area (Å²) in [6, 6.07) is 99.7. The Hall–Kier alpha value is -10.6. The lowest BCUT2D eigenvalue weighted by atomic mass is 10.0. The van der Waals surface area contributed by atoms with E-state index in [4.69, 9.17) is 8.83 Å². The van der Waals surface area contributed by atoms with E-state index in [0.29, 0.717) is 0 Å². The third kappa shape index (κ3) is 6.83. The lowest BCUT2D eigenvalue weighted by Crippen LogP contribution is -2.10. The molecule has 0 unspecified atom stereocenters. The zero-order valence-corrected chi connectivity index (χ0v) is 42.2. The highest BCUT2D eigenvalue weighted by molar-refractivity contribution is 6.26. The summed E-state index contributed by atoms with van der Waals surface area (Å²) in [7, 11) is 0. The maximum absolute atomic E-state index is 6.75. The second kappa shape index (κ2) is 17.5. The van der Waals surface area contributed by atoms with Crippen LogP contribution in [0.25, 0.3) is 110 Å². The van der Waals surface area contributed by atoms with Gasteiger partial charge in [-0.15, -0.1) is 0 Å². The highest BCUT2D eigenvalue weighted by Gasteiger charge is 2.24. The van der Waals surface area contributed by atoms with Crippen molar-refractivity contribution in [2.45, 2.75) is 0 Å². The van der Waals surface area contributed by atoms with Crippen LogP contribution in [0.3, 0.4) is 0 Å². The molecule has 0 fully saturated rings. The van der Waals surface area contributed by atoms with E-state index in [-0.39, 0.29) is 0 Å². The van der Waals surface area contributed by atoms with E-state index >= 15 is 0 Å². The molecule has 16 rings (SSSR count). The molecule has 0 radical (unpaired) electrons. The van der Waals surface area contributed by atoms with Gasteiger partial charge in [0.25, 0.3) is 0 Å². The largest absolute Gasteiger partial charge is 0.455 e. The molecule has 0 N–H and O–H groups in total. The predicted octanol–water partition coefficient (Wildman–Crippen LogP) is 20.3. The van der Waals surface area contributed by atoms with Crippen molar-refractivity contribution in [3.8, 4) is 22.5 Å². The minimum absolute atomic E-state index is 0.887. The molecule has 0 amide bonds. The van der Waals surface area contributed by atoms with Crippen molar-refractivity contribution in [1.82, 2.24) is 9.13 Å². The lowest BCUT2D eigenvalue weighted by molar-refractivity contribution is 0.672. The van der Waals surface area contributed by atoms with Gasteiger partial charge in [-0.05, 0) is 157 Å². The van der Waals surface area contributed by atoms with Crippen LogP contribution in [0.2, 0.25) is 0 Å². The molecule has 78 heavy (non-hydrogen) atoms. The first kappa shape index (κ1) is 43.8. The predicted molar refractivity (Wildman–Crippen MR) is 324 cm³/mol. The fourth-order valence-electron chi connectivity index (χ4n) is 12.2. The molecular weight excluding hydrogens is 953 g/mol. The standard InChI is InChI=1S/C72H46N4O2/c1-5-17-49(18-6-1)73(55-37-41-63-61(45-55)69-65(75(63)51-21-9-3-10-22-51)43-39-59-57-25-13-15-27-67(57)77-71(59)69)53-33-29-47(30-34-53)48-31-35-54(36-32-48)74(50-19-7-2-8-20-50)56-38-42-64-62(46-56)70-66(76(64)52-23-11-4-12-24-52)44-40-60-58-26-14-16-28-68(58)78-72(60)70/h1-46H. The Morgan fingerprint density at radius 2 is 0.577 bits per heavy atom. The minimum Gasteiger partial charge on any atom is -0.455 e.